The van der Waals surface area contributed by atoms with E-state index in [0.29, 0.717) is 28.5 Å². The summed E-state index contributed by atoms with van der Waals surface area (Å²) in [6, 6.07) is 13.5. The predicted molar refractivity (Wildman–Crippen MR) is 130 cm³/mol. The number of aryl methyl sites for hydroxylation is 1. The summed E-state index contributed by atoms with van der Waals surface area (Å²) in [4.78, 5) is 23.1. The first-order chi connectivity index (χ1) is 15.3. The summed E-state index contributed by atoms with van der Waals surface area (Å²) in [6.07, 6.45) is 0. The van der Waals surface area contributed by atoms with Gasteiger partial charge in [0.25, 0.3) is 5.56 Å². The molecular formula is C25H27N5O2. The zero-order valence-corrected chi connectivity index (χ0v) is 19.2. The van der Waals surface area contributed by atoms with Crippen molar-refractivity contribution in [2.45, 2.75) is 27.7 Å². The first-order valence-corrected chi connectivity index (χ1v) is 10.6. The van der Waals surface area contributed by atoms with Crippen LogP contribution in [0.3, 0.4) is 0 Å². The molecule has 1 aliphatic rings. The molecule has 2 aromatic carbocycles. The summed E-state index contributed by atoms with van der Waals surface area (Å²) in [5.41, 5.74) is 5.85. The molecule has 0 spiro atoms. The van der Waals surface area contributed by atoms with Gasteiger partial charge in [0, 0.05) is 23.9 Å². The largest absolute Gasteiger partial charge is 0.496 e. The maximum atomic E-state index is 13.3. The van der Waals surface area contributed by atoms with Gasteiger partial charge in [0.05, 0.1) is 24.2 Å². The van der Waals surface area contributed by atoms with Crippen molar-refractivity contribution in [3.63, 3.8) is 0 Å². The van der Waals surface area contributed by atoms with Gasteiger partial charge in [-0.2, -0.15) is 9.78 Å². The molecule has 0 saturated heterocycles. The highest BCUT2D eigenvalue weighted by Gasteiger charge is 2.30. The summed E-state index contributed by atoms with van der Waals surface area (Å²) in [7, 11) is 3.49. The first kappa shape index (κ1) is 21.5. The predicted octanol–water partition coefficient (Wildman–Crippen LogP) is 4.57. The van der Waals surface area contributed by atoms with Crippen molar-refractivity contribution in [1.82, 2.24) is 9.66 Å². The van der Waals surface area contributed by atoms with Crippen LogP contribution in [0, 0.1) is 19.8 Å². The number of para-hydroxylation sites is 1. The third kappa shape index (κ3) is 3.60. The second-order valence-electron chi connectivity index (χ2n) is 8.08. The SMILES string of the molecule is CNc1ccc(N=C2C(C(C)C)=Nn3c2nc(-c2ccccc2OC)c(C)c3=O)c(C)c1. The fourth-order valence-corrected chi connectivity index (χ4v) is 3.76. The molecule has 7 nitrogen and oxygen atoms in total. The van der Waals surface area contributed by atoms with E-state index in [9.17, 15) is 4.79 Å². The van der Waals surface area contributed by atoms with Crippen LogP contribution in [0.1, 0.15) is 30.8 Å². The van der Waals surface area contributed by atoms with Gasteiger partial charge in [-0.05, 0) is 55.7 Å². The monoisotopic (exact) mass is 429 g/mol. The first-order valence-electron chi connectivity index (χ1n) is 10.6. The number of hydrogen-bond acceptors (Lipinski definition) is 6. The van der Waals surface area contributed by atoms with Gasteiger partial charge in [-0.3, -0.25) is 4.79 Å². The van der Waals surface area contributed by atoms with Gasteiger partial charge in [0.1, 0.15) is 11.5 Å². The molecule has 3 aromatic rings. The summed E-state index contributed by atoms with van der Waals surface area (Å²) >= 11 is 0. The van der Waals surface area contributed by atoms with Crippen LogP contribution in [-0.4, -0.2) is 35.2 Å². The van der Waals surface area contributed by atoms with E-state index in [1.165, 1.54) is 4.68 Å². The second kappa shape index (κ2) is 8.42. The summed E-state index contributed by atoms with van der Waals surface area (Å²) < 4.78 is 6.89. The number of hydrogen-bond donors (Lipinski definition) is 1. The number of anilines is 1. The van der Waals surface area contributed by atoms with Crippen molar-refractivity contribution in [3.05, 3.63) is 69.8 Å². The van der Waals surface area contributed by atoms with Gasteiger partial charge in [0.2, 0.25) is 0 Å². The Morgan fingerprint density at radius 2 is 1.88 bits per heavy atom. The maximum Gasteiger partial charge on any atom is 0.278 e. The Labute approximate surface area is 187 Å². The Morgan fingerprint density at radius 3 is 2.53 bits per heavy atom. The molecule has 32 heavy (non-hydrogen) atoms. The van der Waals surface area contributed by atoms with Gasteiger partial charge in [0.15, 0.2) is 5.82 Å². The summed E-state index contributed by atoms with van der Waals surface area (Å²) in [5.74, 6) is 1.18. The van der Waals surface area contributed by atoms with Crippen LogP contribution in [-0.2, 0) is 0 Å². The van der Waals surface area contributed by atoms with Crippen molar-refractivity contribution in [2.24, 2.45) is 16.0 Å². The zero-order chi connectivity index (χ0) is 23.0. The number of aliphatic imine (C=N–C) groups is 1. The van der Waals surface area contributed by atoms with E-state index >= 15 is 0 Å². The van der Waals surface area contributed by atoms with Crippen LogP contribution in [0.4, 0.5) is 11.4 Å². The number of rotatable bonds is 5. The van der Waals surface area contributed by atoms with Crippen molar-refractivity contribution in [2.75, 3.05) is 19.5 Å². The van der Waals surface area contributed by atoms with Gasteiger partial charge in [-0.1, -0.05) is 26.0 Å². The lowest BCUT2D eigenvalue weighted by atomic mass is 10.0. The lowest BCUT2D eigenvalue weighted by molar-refractivity contribution is 0.416. The highest BCUT2D eigenvalue weighted by atomic mass is 16.5. The molecule has 0 fully saturated rings. The average molecular weight is 430 g/mol. The molecular weight excluding hydrogens is 402 g/mol. The van der Waals surface area contributed by atoms with E-state index in [0.717, 1.165) is 28.2 Å². The number of aromatic nitrogens is 2. The molecule has 1 aliphatic heterocycles. The Morgan fingerprint density at radius 1 is 1.12 bits per heavy atom. The summed E-state index contributed by atoms with van der Waals surface area (Å²) in [6.45, 7) is 7.86. The molecule has 7 heteroatoms. The van der Waals surface area contributed by atoms with Gasteiger partial charge < -0.3 is 10.1 Å². The van der Waals surface area contributed by atoms with E-state index < -0.39 is 0 Å². The topological polar surface area (TPSA) is 80.9 Å². The van der Waals surface area contributed by atoms with Crippen LogP contribution >= 0.6 is 0 Å². The van der Waals surface area contributed by atoms with Crippen LogP contribution in [0.25, 0.3) is 11.3 Å². The van der Waals surface area contributed by atoms with Gasteiger partial charge in [-0.15, -0.1) is 0 Å². The quantitative estimate of drug-likeness (QED) is 0.644. The minimum atomic E-state index is -0.207. The Kier molecular flexibility index (Phi) is 5.65. The highest BCUT2D eigenvalue weighted by molar-refractivity contribution is 6.49. The molecule has 4 rings (SSSR count). The molecule has 0 aliphatic carbocycles. The number of nitrogens with one attached hydrogen (secondary N) is 1. The Balaban J connectivity index is 1.96. The van der Waals surface area contributed by atoms with Crippen molar-refractivity contribution in [3.8, 4) is 17.0 Å². The summed E-state index contributed by atoms with van der Waals surface area (Å²) in [5, 5.41) is 7.75. The number of benzene rings is 2. The van der Waals surface area contributed by atoms with E-state index in [1.54, 1.807) is 14.0 Å². The number of methoxy groups -OCH3 is 1. The normalized spacial score (nSPS) is 14.0. The smallest absolute Gasteiger partial charge is 0.278 e. The van der Waals surface area contributed by atoms with E-state index in [-0.39, 0.29) is 11.5 Å². The van der Waals surface area contributed by atoms with Gasteiger partial charge in [-0.25, -0.2) is 9.98 Å². The molecule has 0 atom stereocenters. The zero-order valence-electron chi connectivity index (χ0n) is 19.2. The minimum Gasteiger partial charge on any atom is -0.496 e. The third-order valence-corrected chi connectivity index (χ3v) is 5.58. The molecule has 0 amide bonds. The van der Waals surface area contributed by atoms with Crippen molar-refractivity contribution >= 4 is 22.8 Å². The lowest BCUT2D eigenvalue weighted by Crippen LogP contribution is -2.25. The Hall–Kier alpha value is -3.74. The Bertz CT molecular complexity index is 1320. The highest BCUT2D eigenvalue weighted by Crippen LogP contribution is 2.31. The fraction of sp³-hybridized carbons (Fsp3) is 0.280. The van der Waals surface area contributed by atoms with Crippen LogP contribution < -0.4 is 15.6 Å². The van der Waals surface area contributed by atoms with E-state index in [1.807, 2.05) is 70.3 Å². The molecule has 1 N–H and O–H groups in total. The van der Waals surface area contributed by atoms with E-state index in [4.69, 9.17) is 14.7 Å². The molecule has 0 radical (unpaired) electrons. The number of nitrogens with zero attached hydrogens (tertiary/aromatic N) is 4. The van der Waals surface area contributed by atoms with Crippen LogP contribution in [0.15, 0.2) is 57.4 Å². The number of fused-ring (bicyclic) bond motifs is 1. The van der Waals surface area contributed by atoms with Crippen molar-refractivity contribution < 1.29 is 4.74 Å². The molecule has 0 unspecified atom stereocenters. The van der Waals surface area contributed by atoms with Crippen LogP contribution in [0.2, 0.25) is 0 Å². The van der Waals surface area contributed by atoms with Crippen molar-refractivity contribution in [1.29, 1.82) is 0 Å². The second-order valence-corrected chi connectivity index (χ2v) is 8.08. The third-order valence-electron chi connectivity index (χ3n) is 5.58. The molecule has 1 aromatic heterocycles. The molecule has 0 saturated carbocycles. The van der Waals surface area contributed by atoms with Gasteiger partial charge >= 0.3 is 0 Å². The van der Waals surface area contributed by atoms with Crippen LogP contribution in [0.5, 0.6) is 5.75 Å². The van der Waals surface area contributed by atoms with E-state index in [2.05, 4.69) is 10.4 Å². The molecule has 0 bridgehead atoms. The minimum absolute atomic E-state index is 0.0711. The average Bonchev–Trinajstić information content (AvgIpc) is 3.16. The molecule has 164 valence electrons. The lowest BCUT2D eigenvalue weighted by Gasteiger charge is -2.12. The maximum absolute atomic E-state index is 13.3. The molecule has 2 heterocycles. The standard InChI is InChI=1S/C25H27N5O2/c1-14(2)21-23(27-19-12-11-17(26-5)13-15(19)3)24-28-22(16(4)25(31)30(24)29-21)18-9-7-8-10-20(18)32-6/h7-14,26H,1-6H3. The fourth-order valence-electron chi connectivity index (χ4n) is 3.76. The number of ether oxygens (including phenoxy) is 1.